The minimum atomic E-state index is 0.862. The van der Waals surface area contributed by atoms with Crippen molar-refractivity contribution in [1.29, 1.82) is 0 Å². The van der Waals surface area contributed by atoms with E-state index in [9.17, 15) is 0 Å². The molecule has 32 heavy (non-hydrogen) atoms. The number of hydrogen-bond acceptors (Lipinski definition) is 0. The second kappa shape index (κ2) is 9.03. The molecular weight excluding hydrogens is 388 g/mol. The van der Waals surface area contributed by atoms with Crippen LogP contribution in [0.15, 0.2) is 126 Å². The predicted molar refractivity (Wildman–Crippen MR) is 134 cm³/mol. The molecule has 0 radical (unpaired) electrons. The topological polar surface area (TPSA) is 11.3 Å². The first kappa shape index (κ1) is 20.0. The van der Waals surface area contributed by atoms with E-state index < -0.39 is 0 Å². The molecule has 0 amide bonds. The number of hydrogen-bond donors (Lipinski definition) is 0. The van der Waals surface area contributed by atoms with E-state index in [1.807, 2.05) is 12.1 Å². The largest absolute Gasteiger partial charge is 0.361 e. The van der Waals surface area contributed by atoms with E-state index in [-0.39, 0.29) is 0 Å². The predicted octanol–water partition coefficient (Wildman–Crippen LogP) is 8.79. The Morgan fingerprint density at radius 1 is 0.438 bits per heavy atom. The van der Waals surface area contributed by atoms with Gasteiger partial charge in [0.25, 0.3) is 0 Å². The Hall–Kier alpha value is -3.97. The maximum Gasteiger partial charge on any atom is 0.361 e. The van der Waals surface area contributed by atoms with Crippen molar-refractivity contribution in [2.45, 2.75) is 13.3 Å². The van der Waals surface area contributed by atoms with E-state index in [4.69, 9.17) is 4.42 Å². The van der Waals surface area contributed by atoms with Gasteiger partial charge in [-0.15, -0.1) is 0 Å². The molecule has 5 aromatic rings. The van der Waals surface area contributed by atoms with Crippen molar-refractivity contribution in [3.63, 3.8) is 0 Å². The molecule has 0 aliphatic carbocycles. The van der Waals surface area contributed by atoms with Gasteiger partial charge in [-0.05, 0) is 52.9 Å². The van der Waals surface area contributed by atoms with E-state index in [2.05, 4.69) is 116 Å². The summed E-state index contributed by atoms with van der Waals surface area (Å²) in [6.45, 7) is 2.17. The summed E-state index contributed by atoms with van der Waals surface area (Å²) in [5.41, 5.74) is 8.21. The fourth-order valence-corrected chi connectivity index (χ4v) is 3.95. The van der Waals surface area contributed by atoms with Gasteiger partial charge in [0, 0.05) is 5.56 Å². The highest BCUT2D eigenvalue weighted by Gasteiger charge is 2.20. The lowest BCUT2D eigenvalue weighted by atomic mass is 9.99. The summed E-state index contributed by atoms with van der Waals surface area (Å²) in [6.07, 6.45) is 1.03. The van der Waals surface area contributed by atoms with Crippen molar-refractivity contribution in [1.82, 2.24) is 0 Å². The minimum absolute atomic E-state index is 0.862. The molecule has 154 valence electrons. The van der Waals surface area contributed by atoms with Crippen LogP contribution in [0.5, 0.6) is 0 Å². The van der Waals surface area contributed by atoms with Gasteiger partial charge in [-0.25, -0.2) is 4.42 Å². The quantitative estimate of drug-likeness (QED) is 0.262. The molecule has 0 bridgehead atoms. The highest BCUT2D eigenvalue weighted by atomic mass is 16.3. The molecular formula is C31H25O+. The van der Waals surface area contributed by atoms with E-state index in [0.717, 1.165) is 34.6 Å². The monoisotopic (exact) mass is 413 g/mol. The van der Waals surface area contributed by atoms with Crippen LogP contribution >= 0.6 is 0 Å². The van der Waals surface area contributed by atoms with E-state index in [1.54, 1.807) is 0 Å². The van der Waals surface area contributed by atoms with Crippen molar-refractivity contribution in [3.05, 3.63) is 127 Å². The van der Waals surface area contributed by atoms with Crippen LogP contribution in [-0.2, 0) is 6.42 Å². The van der Waals surface area contributed by atoms with Gasteiger partial charge in [0.1, 0.15) is 0 Å². The van der Waals surface area contributed by atoms with E-state index >= 15 is 0 Å². The molecule has 0 aliphatic rings. The Bertz CT molecular complexity index is 1300. The SMILES string of the molecule is CCc1ccc(-c2cc(-c3ccccc3)cc(-c3ccc(-c4ccccc4)cc3)[o+]2)cc1. The lowest BCUT2D eigenvalue weighted by molar-refractivity contribution is 0.582. The first-order chi connectivity index (χ1) is 15.8. The van der Waals surface area contributed by atoms with Crippen LogP contribution in [0.1, 0.15) is 12.5 Å². The van der Waals surface area contributed by atoms with Gasteiger partial charge in [-0.3, -0.25) is 0 Å². The third-order valence-corrected chi connectivity index (χ3v) is 5.82. The van der Waals surface area contributed by atoms with Gasteiger partial charge >= 0.3 is 11.5 Å². The second-order valence-electron chi connectivity index (χ2n) is 7.93. The zero-order valence-corrected chi connectivity index (χ0v) is 18.2. The fraction of sp³-hybridized carbons (Fsp3) is 0.0645. The molecule has 1 heterocycles. The molecule has 0 spiro atoms. The number of benzene rings is 4. The molecule has 0 saturated heterocycles. The van der Waals surface area contributed by atoms with Crippen LogP contribution in [0.4, 0.5) is 0 Å². The summed E-state index contributed by atoms with van der Waals surface area (Å²) >= 11 is 0. The molecule has 0 N–H and O–H groups in total. The van der Waals surface area contributed by atoms with Crippen LogP contribution in [0.3, 0.4) is 0 Å². The first-order valence-corrected chi connectivity index (χ1v) is 11.1. The lowest BCUT2D eigenvalue weighted by Crippen LogP contribution is -1.87. The highest BCUT2D eigenvalue weighted by molar-refractivity contribution is 5.75. The summed E-state index contributed by atoms with van der Waals surface area (Å²) in [5.74, 6) is 1.73. The van der Waals surface area contributed by atoms with Crippen LogP contribution in [0, 0.1) is 0 Å². The van der Waals surface area contributed by atoms with Crippen molar-refractivity contribution in [2.24, 2.45) is 0 Å². The maximum absolute atomic E-state index is 6.43. The molecule has 0 fully saturated rings. The van der Waals surface area contributed by atoms with Gasteiger partial charge in [-0.1, -0.05) is 91.9 Å². The molecule has 0 unspecified atom stereocenters. The Morgan fingerprint density at radius 3 is 1.34 bits per heavy atom. The van der Waals surface area contributed by atoms with Gasteiger partial charge < -0.3 is 0 Å². The smallest absolute Gasteiger partial charge is 0.207 e. The maximum atomic E-state index is 6.43. The van der Waals surface area contributed by atoms with E-state index in [1.165, 1.54) is 22.3 Å². The third-order valence-electron chi connectivity index (χ3n) is 5.82. The zero-order chi connectivity index (χ0) is 21.8. The Kier molecular flexibility index (Phi) is 5.63. The van der Waals surface area contributed by atoms with Crippen LogP contribution in [0.2, 0.25) is 0 Å². The Labute approximate surface area is 189 Å². The molecule has 4 aromatic carbocycles. The van der Waals surface area contributed by atoms with Crippen LogP contribution in [-0.4, -0.2) is 0 Å². The molecule has 1 heteroatoms. The van der Waals surface area contributed by atoms with E-state index in [0.29, 0.717) is 0 Å². The van der Waals surface area contributed by atoms with Crippen molar-refractivity contribution < 1.29 is 4.42 Å². The highest BCUT2D eigenvalue weighted by Crippen LogP contribution is 2.34. The average molecular weight is 414 g/mol. The number of rotatable bonds is 5. The molecule has 0 atom stereocenters. The summed E-state index contributed by atoms with van der Waals surface area (Å²) in [4.78, 5) is 0. The number of aryl methyl sites for hydroxylation is 1. The minimum Gasteiger partial charge on any atom is -0.207 e. The Morgan fingerprint density at radius 2 is 0.844 bits per heavy atom. The van der Waals surface area contributed by atoms with Crippen LogP contribution < -0.4 is 0 Å². The summed E-state index contributed by atoms with van der Waals surface area (Å²) < 4.78 is 6.43. The zero-order valence-electron chi connectivity index (χ0n) is 18.2. The average Bonchev–Trinajstić information content (AvgIpc) is 2.89. The standard InChI is InChI=1S/C31H25O/c1-2-23-13-15-27(16-14-23)30-21-29(25-11-7-4-8-12-25)22-31(32-30)28-19-17-26(18-20-28)24-9-5-3-6-10-24/h3-22H,2H2,1H3/q+1. The van der Waals surface area contributed by atoms with Gasteiger partial charge in [0.2, 0.25) is 0 Å². The molecule has 5 rings (SSSR count). The molecule has 1 nitrogen and oxygen atoms in total. The lowest BCUT2D eigenvalue weighted by Gasteiger charge is -2.04. The summed E-state index contributed by atoms with van der Waals surface area (Å²) in [6, 6.07) is 42.4. The molecule has 1 aromatic heterocycles. The van der Waals surface area contributed by atoms with Gasteiger partial charge in [0.15, 0.2) is 0 Å². The molecule has 0 aliphatic heterocycles. The summed E-state index contributed by atoms with van der Waals surface area (Å²) in [7, 11) is 0. The second-order valence-corrected chi connectivity index (χ2v) is 7.93. The van der Waals surface area contributed by atoms with Gasteiger partial charge in [-0.2, -0.15) is 0 Å². The normalized spacial score (nSPS) is 10.8. The van der Waals surface area contributed by atoms with Crippen LogP contribution in [0.25, 0.3) is 44.9 Å². The fourth-order valence-electron chi connectivity index (χ4n) is 3.95. The Balaban J connectivity index is 1.59. The third kappa shape index (κ3) is 4.24. The molecule has 0 saturated carbocycles. The van der Waals surface area contributed by atoms with Crippen molar-refractivity contribution >= 4 is 0 Å². The van der Waals surface area contributed by atoms with Crippen molar-refractivity contribution in [3.8, 4) is 44.9 Å². The summed E-state index contributed by atoms with van der Waals surface area (Å²) in [5, 5.41) is 0. The first-order valence-electron chi connectivity index (χ1n) is 11.1. The van der Waals surface area contributed by atoms with Crippen molar-refractivity contribution in [2.75, 3.05) is 0 Å². The van der Waals surface area contributed by atoms with Gasteiger partial charge in [0.05, 0.1) is 23.3 Å².